The largest absolute Gasteiger partial charge is 0.381 e. The maximum Gasteiger partial charge on any atom is 0.136 e. The first-order valence-corrected chi connectivity index (χ1v) is 10.4. The molecule has 4 heteroatoms. The number of hydrogen-bond acceptors (Lipinski definition) is 3. The van der Waals surface area contributed by atoms with Crippen molar-refractivity contribution in [3.8, 4) is 0 Å². The Bertz CT molecular complexity index is 567. The van der Waals surface area contributed by atoms with Gasteiger partial charge in [0.15, 0.2) is 0 Å². The summed E-state index contributed by atoms with van der Waals surface area (Å²) >= 11 is 0. The second kappa shape index (κ2) is 14.3. The summed E-state index contributed by atoms with van der Waals surface area (Å²) in [6, 6.07) is 20.4. The van der Waals surface area contributed by atoms with Crippen molar-refractivity contribution in [2.45, 2.75) is 45.4 Å². The first kappa shape index (κ1) is 22.5. The Morgan fingerprint density at radius 2 is 1.32 bits per heavy atom. The van der Waals surface area contributed by atoms with E-state index in [0.717, 1.165) is 39.0 Å². The first-order chi connectivity index (χ1) is 13.8. The standard InChI is InChI=1S/C24H34FNO2/c1-2-3-15-27-16-10-17-28-21-24(25)20-26(18-22-11-6-4-7-12-22)19-23-13-8-5-9-14-23/h4-9,11-14,24H,2-3,10,15-21H2,1H3. The number of halogens is 1. The molecule has 28 heavy (non-hydrogen) atoms. The average molecular weight is 388 g/mol. The fourth-order valence-electron chi connectivity index (χ4n) is 3.02. The highest BCUT2D eigenvalue weighted by molar-refractivity contribution is 5.17. The maximum atomic E-state index is 14.5. The molecule has 0 saturated carbocycles. The molecule has 0 aliphatic carbocycles. The van der Waals surface area contributed by atoms with Crippen LogP contribution >= 0.6 is 0 Å². The van der Waals surface area contributed by atoms with Crippen LogP contribution in [0, 0.1) is 0 Å². The number of rotatable bonds is 15. The fourth-order valence-corrected chi connectivity index (χ4v) is 3.02. The van der Waals surface area contributed by atoms with Crippen molar-refractivity contribution < 1.29 is 13.9 Å². The molecule has 0 spiro atoms. The number of ether oxygens (including phenoxy) is 2. The van der Waals surface area contributed by atoms with E-state index in [4.69, 9.17) is 9.47 Å². The third kappa shape index (κ3) is 9.98. The molecule has 0 radical (unpaired) electrons. The molecule has 2 rings (SSSR count). The molecule has 0 fully saturated rings. The van der Waals surface area contributed by atoms with Crippen LogP contribution in [0.1, 0.15) is 37.3 Å². The molecule has 1 unspecified atom stereocenters. The van der Waals surface area contributed by atoms with Gasteiger partial charge >= 0.3 is 0 Å². The lowest BCUT2D eigenvalue weighted by Gasteiger charge is -2.24. The van der Waals surface area contributed by atoms with Gasteiger partial charge in [-0.05, 0) is 24.0 Å². The van der Waals surface area contributed by atoms with Crippen LogP contribution in [0.5, 0.6) is 0 Å². The minimum Gasteiger partial charge on any atom is -0.381 e. The van der Waals surface area contributed by atoms with Crippen molar-refractivity contribution in [3.05, 3.63) is 71.8 Å². The second-order valence-electron chi connectivity index (χ2n) is 7.13. The van der Waals surface area contributed by atoms with Gasteiger partial charge in [-0.1, -0.05) is 74.0 Å². The number of alkyl halides is 1. The summed E-state index contributed by atoms with van der Waals surface area (Å²) in [5.41, 5.74) is 2.38. The smallest absolute Gasteiger partial charge is 0.136 e. The Morgan fingerprint density at radius 1 is 0.786 bits per heavy atom. The molecule has 0 N–H and O–H groups in total. The quantitative estimate of drug-likeness (QED) is 0.390. The first-order valence-electron chi connectivity index (χ1n) is 10.4. The minimum absolute atomic E-state index is 0.134. The highest BCUT2D eigenvalue weighted by atomic mass is 19.1. The Kier molecular flexibility index (Phi) is 11.5. The lowest BCUT2D eigenvalue weighted by Crippen LogP contribution is -2.32. The topological polar surface area (TPSA) is 21.7 Å². The molecule has 2 aromatic carbocycles. The normalized spacial score (nSPS) is 12.4. The summed E-state index contributed by atoms with van der Waals surface area (Å²) in [5.74, 6) is 0. The predicted octanol–water partition coefficient (Wildman–Crippen LogP) is 5.25. The van der Waals surface area contributed by atoms with Crippen molar-refractivity contribution in [1.82, 2.24) is 4.90 Å². The zero-order valence-corrected chi connectivity index (χ0v) is 17.1. The molecule has 0 aromatic heterocycles. The van der Waals surface area contributed by atoms with E-state index in [9.17, 15) is 4.39 Å². The van der Waals surface area contributed by atoms with Gasteiger partial charge in [0.25, 0.3) is 0 Å². The van der Waals surface area contributed by atoms with Gasteiger partial charge in [-0.3, -0.25) is 4.90 Å². The van der Waals surface area contributed by atoms with Gasteiger partial charge in [0, 0.05) is 39.5 Å². The molecule has 0 aliphatic rings. The zero-order chi connectivity index (χ0) is 19.9. The molecule has 0 saturated heterocycles. The Balaban J connectivity index is 1.74. The van der Waals surface area contributed by atoms with Crippen molar-refractivity contribution in [3.63, 3.8) is 0 Å². The van der Waals surface area contributed by atoms with Crippen LogP contribution in [0.25, 0.3) is 0 Å². The summed E-state index contributed by atoms with van der Waals surface area (Å²) in [5, 5.41) is 0. The molecule has 3 nitrogen and oxygen atoms in total. The minimum atomic E-state index is -1.01. The molecule has 2 aromatic rings. The van der Waals surface area contributed by atoms with E-state index in [2.05, 4.69) is 36.1 Å². The van der Waals surface area contributed by atoms with E-state index in [1.54, 1.807) is 0 Å². The van der Waals surface area contributed by atoms with Crippen LogP contribution in [-0.2, 0) is 22.6 Å². The molecule has 0 heterocycles. The van der Waals surface area contributed by atoms with Gasteiger partial charge in [-0.2, -0.15) is 0 Å². The van der Waals surface area contributed by atoms with E-state index in [1.165, 1.54) is 11.1 Å². The van der Waals surface area contributed by atoms with Crippen LogP contribution in [0.2, 0.25) is 0 Å². The van der Waals surface area contributed by atoms with Gasteiger partial charge in [-0.15, -0.1) is 0 Å². The molecular weight excluding hydrogens is 353 g/mol. The Morgan fingerprint density at radius 3 is 1.89 bits per heavy atom. The highest BCUT2D eigenvalue weighted by Gasteiger charge is 2.15. The molecule has 154 valence electrons. The predicted molar refractivity (Wildman–Crippen MR) is 113 cm³/mol. The molecule has 0 amide bonds. The third-order valence-corrected chi connectivity index (χ3v) is 4.47. The maximum absolute atomic E-state index is 14.5. The summed E-state index contributed by atoms with van der Waals surface area (Å²) in [4.78, 5) is 2.15. The second-order valence-corrected chi connectivity index (χ2v) is 7.13. The Labute approximate surface area is 169 Å². The number of hydrogen-bond donors (Lipinski definition) is 0. The van der Waals surface area contributed by atoms with Gasteiger partial charge < -0.3 is 9.47 Å². The molecule has 1 atom stereocenters. The van der Waals surface area contributed by atoms with Crippen molar-refractivity contribution >= 4 is 0 Å². The zero-order valence-electron chi connectivity index (χ0n) is 17.1. The molecule has 0 aliphatic heterocycles. The summed E-state index contributed by atoms with van der Waals surface area (Å²) in [7, 11) is 0. The van der Waals surface area contributed by atoms with Gasteiger partial charge in [0.2, 0.25) is 0 Å². The van der Waals surface area contributed by atoms with E-state index in [0.29, 0.717) is 19.8 Å². The SMILES string of the molecule is CCCCOCCCOCC(F)CN(Cc1ccccc1)Cc1ccccc1. The monoisotopic (exact) mass is 387 g/mol. The fraction of sp³-hybridized carbons (Fsp3) is 0.500. The number of benzene rings is 2. The van der Waals surface area contributed by atoms with Crippen LogP contribution in [0.4, 0.5) is 4.39 Å². The van der Waals surface area contributed by atoms with Crippen molar-refractivity contribution in [2.24, 2.45) is 0 Å². The van der Waals surface area contributed by atoms with E-state index >= 15 is 0 Å². The van der Waals surface area contributed by atoms with E-state index in [1.807, 2.05) is 36.4 Å². The number of unbranched alkanes of at least 4 members (excludes halogenated alkanes) is 1. The van der Waals surface area contributed by atoms with Crippen molar-refractivity contribution in [1.29, 1.82) is 0 Å². The van der Waals surface area contributed by atoms with Crippen LogP contribution < -0.4 is 0 Å². The lowest BCUT2D eigenvalue weighted by atomic mass is 10.1. The van der Waals surface area contributed by atoms with Gasteiger partial charge in [0.1, 0.15) is 6.17 Å². The van der Waals surface area contributed by atoms with Crippen LogP contribution in [0.3, 0.4) is 0 Å². The Hall–Kier alpha value is -1.75. The van der Waals surface area contributed by atoms with Gasteiger partial charge in [0.05, 0.1) is 6.61 Å². The molecular formula is C24H34FNO2. The van der Waals surface area contributed by atoms with Crippen LogP contribution in [0.15, 0.2) is 60.7 Å². The summed E-state index contributed by atoms with van der Waals surface area (Å²) in [6.45, 7) is 6.12. The van der Waals surface area contributed by atoms with E-state index in [-0.39, 0.29) is 6.61 Å². The lowest BCUT2D eigenvalue weighted by molar-refractivity contribution is 0.0415. The van der Waals surface area contributed by atoms with Crippen LogP contribution in [-0.4, -0.2) is 44.0 Å². The summed E-state index contributed by atoms with van der Waals surface area (Å²) < 4.78 is 25.6. The average Bonchev–Trinajstić information content (AvgIpc) is 2.71. The number of nitrogens with zero attached hydrogens (tertiary/aromatic N) is 1. The highest BCUT2D eigenvalue weighted by Crippen LogP contribution is 2.12. The third-order valence-electron chi connectivity index (χ3n) is 4.47. The van der Waals surface area contributed by atoms with E-state index < -0.39 is 6.17 Å². The molecule has 0 bridgehead atoms. The van der Waals surface area contributed by atoms with Crippen molar-refractivity contribution in [2.75, 3.05) is 33.0 Å². The van der Waals surface area contributed by atoms with Gasteiger partial charge in [-0.25, -0.2) is 4.39 Å². The summed E-state index contributed by atoms with van der Waals surface area (Å²) in [6.07, 6.45) is 2.04.